The van der Waals surface area contributed by atoms with Gasteiger partial charge in [0, 0.05) is 49.3 Å². The lowest BCUT2D eigenvalue weighted by molar-refractivity contribution is 1.07. The van der Waals surface area contributed by atoms with Gasteiger partial charge in [0.1, 0.15) is 0 Å². The fourth-order valence-electron chi connectivity index (χ4n) is 9.48. The zero-order chi connectivity index (χ0) is 42.8. The molecule has 0 atom stereocenters. The standard InChI is InChI=1S/C60H36N4S/c1-3-12-41-33-54-43(28-39(41)10-1)14-7-18-50(54)47-30-48(51-19-8-15-44-29-40-11-2-4-13-42(40)34-55(44)51)32-49(31-47)60-63-58(38-23-21-37(22-24-38)46-16-9-27-61-36-46)62-59(64-60)45-25-26-53-52-17-5-6-20-56(52)65-57(53)35-45/h1-36H. The molecular formula is C60H36N4S. The molecule has 10 aromatic carbocycles. The van der Waals surface area contributed by atoms with E-state index >= 15 is 0 Å². The Morgan fingerprint density at radius 3 is 1.42 bits per heavy atom. The average Bonchev–Trinajstić information content (AvgIpc) is 3.75. The Morgan fingerprint density at radius 1 is 0.277 bits per heavy atom. The minimum absolute atomic E-state index is 0.609. The second kappa shape index (κ2) is 15.2. The predicted octanol–water partition coefficient (Wildman–Crippen LogP) is 16.2. The molecule has 3 aromatic heterocycles. The Hall–Kier alpha value is -8.38. The van der Waals surface area contributed by atoms with Gasteiger partial charge in [-0.25, -0.2) is 15.0 Å². The first-order chi connectivity index (χ1) is 32.1. The predicted molar refractivity (Wildman–Crippen MR) is 273 cm³/mol. The molecule has 13 rings (SSSR count). The van der Waals surface area contributed by atoms with Crippen molar-refractivity contribution in [2.75, 3.05) is 0 Å². The quantitative estimate of drug-likeness (QED) is 0.156. The molecular weight excluding hydrogens is 809 g/mol. The van der Waals surface area contributed by atoms with Crippen molar-refractivity contribution in [3.63, 3.8) is 0 Å². The van der Waals surface area contributed by atoms with E-state index < -0.39 is 0 Å². The van der Waals surface area contributed by atoms with E-state index in [1.54, 1.807) is 17.5 Å². The highest BCUT2D eigenvalue weighted by molar-refractivity contribution is 7.25. The van der Waals surface area contributed by atoms with Crippen molar-refractivity contribution in [3.8, 4) is 67.5 Å². The van der Waals surface area contributed by atoms with E-state index in [1.807, 2.05) is 12.3 Å². The van der Waals surface area contributed by atoms with Gasteiger partial charge < -0.3 is 0 Å². The molecule has 0 saturated heterocycles. The lowest BCUT2D eigenvalue weighted by Crippen LogP contribution is -2.01. The Bertz CT molecular complexity index is 3870. The van der Waals surface area contributed by atoms with Gasteiger partial charge in [0.2, 0.25) is 0 Å². The molecule has 13 aromatic rings. The molecule has 65 heavy (non-hydrogen) atoms. The lowest BCUT2D eigenvalue weighted by atomic mass is 9.90. The van der Waals surface area contributed by atoms with Crippen LogP contribution in [0.25, 0.3) is 131 Å². The third-order valence-corrected chi connectivity index (χ3v) is 13.9. The number of hydrogen-bond acceptors (Lipinski definition) is 5. The highest BCUT2D eigenvalue weighted by Crippen LogP contribution is 2.41. The Labute approximate surface area is 378 Å². The van der Waals surface area contributed by atoms with E-state index in [-0.39, 0.29) is 0 Å². The van der Waals surface area contributed by atoms with Crippen LogP contribution in [0.2, 0.25) is 0 Å². The minimum Gasteiger partial charge on any atom is -0.264 e. The SMILES string of the molecule is c1cncc(-c2ccc(-c3nc(-c4cc(-c5cccc6cc7ccccc7cc56)cc(-c5cccc6cc7ccccc7cc56)c4)nc(-c4ccc5c(c4)sc4ccccc45)n3)cc2)c1. The van der Waals surface area contributed by atoms with Crippen LogP contribution in [-0.4, -0.2) is 19.9 Å². The molecule has 0 radical (unpaired) electrons. The summed E-state index contributed by atoms with van der Waals surface area (Å²) in [5, 5.41) is 12.1. The molecule has 4 nitrogen and oxygen atoms in total. The first-order valence-electron chi connectivity index (χ1n) is 21.8. The minimum atomic E-state index is 0.609. The van der Waals surface area contributed by atoms with E-state index in [9.17, 15) is 0 Å². The average molecular weight is 845 g/mol. The molecule has 0 saturated carbocycles. The summed E-state index contributed by atoms with van der Waals surface area (Å²) in [6, 6.07) is 74.2. The number of aromatic nitrogens is 4. The molecule has 302 valence electrons. The van der Waals surface area contributed by atoms with Crippen molar-refractivity contribution in [1.82, 2.24) is 19.9 Å². The summed E-state index contributed by atoms with van der Waals surface area (Å²) in [6.45, 7) is 0. The van der Waals surface area contributed by atoms with E-state index in [4.69, 9.17) is 15.0 Å². The Balaban J connectivity index is 1.05. The highest BCUT2D eigenvalue weighted by atomic mass is 32.1. The molecule has 0 fully saturated rings. The molecule has 0 unspecified atom stereocenters. The number of hydrogen-bond donors (Lipinski definition) is 0. The molecule has 0 amide bonds. The second-order valence-corrected chi connectivity index (χ2v) is 17.8. The van der Waals surface area contributed by atoms with Crippen molar-refractivity contribution in [1.29, 1.82) is 0 Å². The number of nitrogens with zero attached hydrogens (tertiary/aromatic N) is 4. The molecule has 0 aliphatic heterocycles. The van der Waals surface area contributed by atoms with Crippen molar-refractivity contribution in [2.45, 2.75) is 0 Å². The third-order valence-electron chi connectivity index (χ3n) is 12.7. The first kappa shape index (κ1) is 37.2. The second-order valence-electron chi connectivity index (χ2n) is 16.7. The molecule has 5 heteroatoms. The van der Waals surface area contributed by atoms with Gasteiger partial charge in [-0.05, 0) is 137 Å². The third kappa shape index (κ3) is 6.60. The maximum atomic E-state index is 5.38. The summed E-state index contributed by atoms with van der Waals surface area (Å²) in [5.74, 6) is 1.84. The number of thiophene rings is 1. The van der Waals surface area contributed by atoms with Gasteiger partial charge in [-0.2, -0.15) is 0 Å². The van der Waals surface area contributed by atoms with Gasteiger partial charge in [0.15, 0.2) is 17.5 Å². The molecule has 3 heterocycles. The fourth-order valence-corrected chi connectivity index (χ4v) is 10.6. The van der Waals surface area contributed by atoms with Gasteiger partial charge in [-0.1, -0.05) is 146 Å². The monoisotopic (exact) mass is 844 g/mol. The molecule has 0 spiro atoms. The van der Waals surface area contributed by atoms with Crippen LogP contribution in [0.15, 0.2) is 219 Å². The number of fused-ring (bicyclic) bond motifs is 7. The van der Waals surface area contributed by atoms with Crippen LogP contribution < -0.4 is 0 Å². The topological polar surface area (TPSA) is 51.6 Å². The fraction of sp³-hybridized carbons (Fsp3) is 0. The number of benzene rings is 10. The van der Waals surface area contributed by atoms with E-state index in [0.29, 0.717) is 17.5 Å². The highest BCUT2D eigenvalue weighted by Gasteiger charge is 2.18. The molecule has 0 aliphatic rings. The smallest absolute Gasteiger partial charge is 0.164 e. The zero-order valence-electron chi connectivity index (χ0n) is 35.0. The number of pyridine rings is 1. The van der Waals surface area contributed by atoms with Crippen LogP contribution in [0, 0.1) is 0 Å². The van der Waals surface area contributed by atoms with Gasteiger partial charge >= 0.3 is 0 Å². The van der Waals surface area contributed by atoms with Crippen molar-refractivity contribution < 1.29 is 0 Å². The zero-order valence-corrected chi connectivity index (χ0v) is 35.8. The van der Waals surface area contributed by atoms with Crippen LogP contribution in [0.5, 0.6) is 0 Å². The van der Waals surface area contributed by atoms with E-state index in [0.717, 1.165) is 50.1 Å². The Kier molecular flexibility index (Phi) is 8.68. The summed E-state index contributed by atoms with van der Waals surface area (Å²) >= 11 is 1.80. The number of rotatable bonds is 6. The van der Waals surface area contributed by atoms with Crippen LogP contribution in [0.1, 0.15) is 0 Å². The van der Waals surface area contributed by atoms with Crippen molar-refractivity contribution >= 4 is 74.6 Å². The van der Waals surface area contributed by atoms with E-state index in [2.05, 4.69) is 205 Å². The molecule has 0 bridgehead atoms. The summed E-state index contributed by atoms with van der Waals surface area (Å²) in [6.07, 6.45) is 3.69. The molecule has 0 N–H and O–H groups in total. The maximum Gasteiger partial charge on any atom is 0.164 e. The summed E-state index contributed by atoms with van der Waals surface area (Å²) < 4.78 is 2.46. The van der Waals surface area contributed by atoms with Crippen LogP contribution in [0.4, 0.5) is 0 Å². The normalized spacial score (nSPS) is 11.7. The van der Waals surface area contributed by atoms with Gasteiger partial charge in [-0.15, -0.1) is 11.3 Å². The summed E-state index contributed by atoms with van der Waals surface area (Å²) in [5.41, 5.74) is 9.38. The Morgan fingerprint density at radius 2 is 0.785 bits per heavy atom. The van der Waals surface area contributed by atoms with Crippen LogP contribution in [-0.2, 0) is 0 Å². The van der Waals surface area contributed by atoms with Gasteiger partial charge in [-0.3, -0.25) is 4.98 Å². The van der Waals surface area contributed by atoms with Crippen molar-refractivity contribution in [3.05, 3.63) is 219 Å². The first-order valence-corrected chi connectivity index (χ1v) is 22.6. The van der Waals surface area contributed by atoms with E-state index in [1.165, 1.54) is 63.3 Å². The van der Waals surface area contributed by atoms with Crippen LogP contribution >= 0.6 is 11.3 Å². The van der Waals surface area contributed by atoms with Gasteiger partial charge in [0.25, 0.3) is 0 Å². The van der Waals surface area contributed by atoms with Crippen LogP contribution in [0.3, 0.4) is 0 Å². The van der Waals surface area contributed by atoms with Gasteiger partial charge in [0.05, 0.1) is 0 Å². The molecule has 0 aliphatic carbocycles. The maximum absolute atomic E-state index is 5.38. The summed E-state index contributed by atoms with van der Waals surface area (Å²) in [4.78, 5) is 20.3. The lowest BCUT2D eigenvalue weighted by Gasteiger charge is -2.15. The summed E-state index contributed by atoms with van der Waals surface area (Å²) in [7, 11) is 0. The largest absolute Gasteiger partial charge is 0.264 e. The van der Waals surface area contributed by atoms with Crippen molar-refractivity contribution in [2.24, 2.45) is 0 Å².